The van der Waals surface area contributed by atoms with Gasteiger partial charge < -0.3 is 9.30 Å². The lowest BCUT2D eigenvalue weighted by molar-refractivity contribution is 0.0198. The van der Waals surface area contributed by atoms with E-state index in [0.717, 1.165) is 38.5 Å². The fourth-order valence-corrected chi connectivity index (χ4v) is 4.11. The molecule has 3 nitrogen and oxygen atoms in total. The van der Waals surface area contributed by atoms with Gasteiger partial charge in [0.25, 0.3) is 0 Å². The van der Waals surface area contributed by atoms with Crippen molar-refractivity contribution in [1.29, 1.82) is 0 Å². The Morgan fingerprint density at radius 1 is 1.07 bits per heavy atom. The molecule has 0 bridgehead atoms. The molecule has 2 rings (SSSR count). The lowest BCUT2D eigenvalue weighted by Gasteiger charge is -2.22. The van der Waals surface area contributed by atoms with Crippen LogP contribution in [-0.2, 0) is 11.3 Å². The van der Waals surface area contributed by atoms with Crippen LogP contribution >= 0.6 is 0 Å². The van der Waals surface area contributed by atoms with Crippen LogP contribution < -0.4 is 0 Å². The van der Waals surface area contributed by atoms with Gasteiger partial charge in [-0.25, -0.2) is 9.18 Å². The van der Waals surface area contributed by atoms with Crippen molar-refractivity contribution in [3.05, 3.63) is 24.0 Å². The van der Waals surface area contributed by atoms with Gasteiger partial charge in [0.2, 0.25) is 0 Å². The molecular weight excluding hydrogens is 353 g/mol. The summed E-state index contributed by atoms with van der Waals surface area (Å²) in [6.45, 7) is 2.78. The highest BCUT2D eigenvalue weighted by Gasteiger charge is 2.21. The summed E-state index contributed by atoms with van der Waals surface area (Å²) in [5, 5.41) is 0. The minimum Gasteiger partial charge on any atom is -0.458 e. The normalized spacial score (nSPS) is 16.2. The van der Waals surface area contributed by atoms with Gasteiger partial charge in [0.1, 0.15) is 18.0 Å². The molecule has 0 aromatic carbocycles. The second-order valence-electron chi connectivity index (χ2n) is 8.40. The van der Waals surface area contributed by atoms with E-state index >= 15 is 0 Å². The Balaban J connectivity index is 1.60. The van der Waals surface area contributed by atoms with E-state index in [2.05, 4.69) is 6.92 Å². The Morgan fingerprint density at radius 2 is 1.75 bits per heavy atom. The van der Waals surface area contributed by atoms with Gasteiger partial charge >= 0.3 is 5.97 Å². The fourth-order valence-electron chi connectivity index (χ4n) is 4.11. The predicted octanol–water partition coefficient (Wildman–Crippen LogP) is 7.24. The highest BCUT2D eigenvalue weighted by atomic mass is 19.1. The fraction of sp³-hybridized carbons (Fsp3) is 0.792. The molecule has 1 aromatic rings. The van der Waals surface area contributed by atoms with Crippen LogP contribution in [0, 0.1) is 0 Å². The SMILES string of the molecule is CCCCCCCCCCC(F)CCn1cccc1C(=O)OC1CCCCC1. The predicted molar refractivity (Wildman–Crippen MR) is 113 cm³/mol. The van der Waals surface area contributed by atoms with Crippen LogP contribution in [0.2, 0.25) is 0 Å². The highest BCUT2D eigenvalue weighted by Crippen LogP contribution is 2.22. The summed E-state index contributed by atoms with van der Waals surface area (Å²) in [6, 6.07) is 3.64. The molecule has 1 aromatic heterocycles. The number of aryl methyl sites for hydroxylation is 1. The van der Waals surface area contributed by atoms with Crippen LogP contribution in [0.25, 0.3) is 0 Å². The summed E-state index contributed by atoms with van der Waals surface area (Å²) >= 11 is 0. The Bertz CT molecular complexity index is 536. The maximum Gasteiger partial charge on any atom is 0.355 e. The summed E-state index contributed by atoms with van der Waals surface area (Å²) in [7, 11) is 0. The smallest absolute Gasteiger partial charge is 0.355 e. The third kappa shape index (κ3) is 8.79. The number of carbonyl (C=O) groups excluding carboxylic acids is 1. The zero-order valence-corrected chi connectivity index (χ0v) is 17.8. The maximum absolute atomic E-state index is 14.2. The Hall–Kier alpha value is -1.32. The monoisotopic (exact) mass is 393 g/mol. The summed E-state index contributed by atoms with van der Waals surface area (Å²) in [5.74, 6) is -0.254. The Morgan fingerprint density at radius 3 is 2.46 bits per heavy atom. The van der Waals surface area contributed by atoms with Crippen molar-refractivity contribution in [2.24, 2.45) is 0 Å². The van der Waals surface area contributed by atoms with Gasteiger partial charge in [-0.3, -0.25) is 0 Å². The highest BCUT2D eigenvalue weighted by molar-refractivity contribution is 5.87. The van der Waals surface area contributed by atoms with Gasteiger partial charge in [-0.15, -0.1) is 0 Å². The number of aromatic nitrogens is 1. The molecule has 160 valence electrons. The molecule has 0 radical (unpaired) electrons. The number of rotatable bonds is 14. The molecule has 1 aliphatic carbocycles. The van der Waals surface area contributed by atoms with E-state index in [4.69, 9.17) is 4.74 Å². The first-order valence-corrected chi connectivity index (χ1v) is 11.7. The van der Waals surface area contributed by atoms with Gasteiger partial charge in [0.15, 0.2) is 0 Å². The molecule has 0 aliphatic heterocycles. The number of hydrogen-bond donors (Lipinski definition) is 0. The van der Waals surface area contributed by atoms with Gasteiger partial charge in [-0.2, -0.15) is 0 Å². The molecule has 1 unspecified atom stereocenters. The summed E-state index contributed by atoms with van der Waals surface area (Å²) in [4.78, 5) is 12.4. The average Bonchev–Trinajstić information content (AvgIpc) is 3.18. The molecule has 1 aliphatic rings. The number of ether oxygens (including phenoxy) is 1. The van der Waals surface area contributed by atoms with Crippen molar-refractivity contribution in [3.63, 3.8) is 0 Å². The standard InChI is InChI=1S/C24H40FNO2/c1-2-3-4-5-6-7-8-10-14-21(25)18-20-26-19-13-17-23(26)24(27)28-22-15-11-9-12-16-22/h13,17,19,21-22H,2-12,14-16,18,20H2,1H3. The molecule has 4 heteroatoms. The Labute approximate surface area is 171 Å². The number of hydrogen-bond acceptors (Lipinski definition) is 2. The van der Waals surface area contributed by atoms with Crippen LogP contribution in [0.15, 0.2) is 18.3 Å². The number of unbranched alkanes of at least 4 members (excludes halogenated alkanes) is 7. The van der Waals surface area contributed by atoms with Gasteiger partial charge in [0, 0.05) is 12.7 Å². The first-order chi connectivity index (χ1) is 13.7. The average molecular weight is 394 g/mol. The second kappa shape index (κ2) is 13.8. The largest absolute Gasteiger partial charge is 0.458 e. The summed E-state index contributed by atoms with van der Waals surface area (Å²) in [6.07, 6.45) is 17.6. The van der Waals surface area contributed by atoms with E-state index < -0.39 is 6.17 Å². The molecule has 1 atom stereocenters. The quantitative estimate of drug-likeness (QED) is 0.246. The van der Waals surface area contributed by atoms with Crippen molar-refractivity contribution in [3.8, 4) is 0 Å². The zero-order valence-electron chi connectivity index (χ0n) is 17.8. The van der Waals surface area contributed by atoms with Crippen LogP contribution in [0.3, 0.4) is 0 Å². The lowest BCUT2D eigenvalue weighted by Crippen LogP contribution is -2.23. The number of halogens is 1. The third-order valence-electron chi connectivity index (χ3n) is 5.92. The van der Waals surface area contributed by atoms with Crippen molar-refractivity contribution in [2.45, 2.75) is 122 Å². The van der Waals surface area contributed by atoms with Crippen molar-refractivity contribution in [1.82, 2.24) is 4.57 Å². The van der Waals surface area contributed by atoms with Crippen LogP contribution in [-0.4, -0.2) is 22.8 Å². The van der Waals surface area contributed by atoms with E-state index in [0.29, 0.717) is 25.1 Å². The van der Waals surface area contributed by atoms with E-state index in [1.165, 1.54) is 44.9 Å². The zero-order chi connectivity index (χ0) is 20.0. The molecule has 0 N–H and O–H groups in total. The maximum atomic E-state index is 14.2. The molecule has 28 heavy (non-hydrogen) atoms. The number of carbonyl (C=O) groups is 1. The Kier molecular flexibility index (Phi) is 11.3. The number of nitrogens with zero attached hydrogens (tertiary/aromatic N) is 1. The molecule has 1 fully saturated rings. The third-order valence-corrected chi connectivity index (χ3v) is 5.92. The first-order valence-electron chi connectivity index (χ1n) is 11.7. The molecular formula is C24H40FNO2. The summed E-state index contributed by atoms with van der Waals surface area (Å²) in [5.41, 5.74) is 0.560. The van der Waals surface area contributed by atoms with E-state index in [-0.39, 0.29) is 12.1 Å². The van der Waals surface area contributed by atoms with Crippen molar-refractivity contribution >= 4 is 5.97 Å². The molecule has 1 saturated carbocycles. The van der Waals surface area contributed by atoms with Gasteiger partial charge in [-0.1, -0.05) is 64.7 Å². The van der Waals surface area contributed by atoms with Crippen molar-refractivity contribution in [2.75, 3.05) is 0 Å². The van der Waals surface area contributed by atoms with E-state index in [9.17, 15) is 9.18 Å². The van der Waals surface area contributed by atoms with Crippen LogP contribution in [0.1, 0.15) is 114 Å². The number of alkyl halides is 1. The van der Waals surface area contributed by atoms with Crippen LogP contribution in [0.4, 0.5) is 4.39 Å². The van der Waals surface area contributed by atoms with Crippen LogP contribution in [0.5, 0.6) is 0 Å². The summed E-state index contributed by atoms with van der Waals surface area (Å²) < 4.78 is 21.8. The minimum absolute atomic E-state index is 0.0560. The van der Waals surface area contributed by atoms with Crippen molar-refractivity contribution < 1.29 is 13.9 Å². The number of esters is 1. The van der Waals surface area contributed by atoms with E-state index in [1.54, 1.807) is 6.07 Å². The lowest BCUT2D eigenvalue weighted by atomic mass is 9.98. The topological polar surface area (TPSA) is 31.2 Å². The minimum atomic E-state index is -0.787. The second-order valence-corrected chi connectivity index (χ2v) is 8.40. The van der Waals surface area contributed by atoms with Gasteiger partial charge in [0.05, 0.1) is 0 Å². The molecule has 0 amide bonds. The van der Waals surface area contributed by atoms with E-state index in [1.807, 2.05) is 16.8 Å². The van der Waals surface area contributed by atoms with Gasteiger partial charge in [-0.05, 0) is 50.7 Å². The first kappa shape index (κ1) is 23.0. The molecule has 1 heterocycles. The molecule has 0 spiro atoms. The molecule has 0 saturated heterocycles.